The summed E-state index contributed by atoms with van der Waals surface area (Å²) in [6, 6.07) is 12.6. The van der Waals surface area contributed by atoms with Gasteiger partial charge in [-0.3, -0.25) is 9.78 Å². The number of aromatic nitrogens is 3. The normalized spacial score (nSPS) is 10.3. The van der Waals surface area contributed by atoms with Gasteiger partial charge in [-0.25, -0.2) is 4.98 Å². The fraction of sp³-hybridized carbons (Fsp3) is 0.158. The van der Waals surface area contributed by atoms with Gasteiger partial charge in [0.15, 0.2) is 0 Å². The SMILES string of the molecule is Cc1cc(N(C)C)nc(Nc2ccc(NC(=O)c3ccncc3)cc2)n1. The molecule has 7 heteroatoms. The molecule has 2 N–H and O–H groups in total. The number of benzene rings is 1. The van der Waals surface area contributed by atoms with Crippen molar-refractivity contribution in [1.29, 1.82) is 0 Å². The predicted molar refractivity (Wildman–Crippen MR) is 103 cm³/mol. The zero-order valence-corrected chi connectivity index (χ0v) is 14.9. The molecule has 0 unspecified atom stereocenters. The maximum absolute atomic E-state index is 12.1. The average Bonchev–Trinajstić information content (AvgIpc) is 2.63. The van der Waals surface area contributed by atoms with Crippen LogP contribution < -0.4 is 15.5 Å². The minimum atomic E-state index is -0.175. The Bertz CT molecular complexity index is 894. The van der Waals surface area contributed by atoms with Crippen LogP contribution in [0, 0.1) is 6.92 Å². The molecule has 3 rings (SSSR count). The van der Waals surface area contributed by atoms with E-state index in [2.05, 4.69) is 25.6 Å². The van der Waals surface area contributed by atoms with Gasteiger partial charge in [0, 0.05) is 55.2 Å². The van der Waals surface area contributed by atoms with Gasteiger partial charge in [-0.05, 0) is 43.3 Å². The Labute approximate surface area is 152 Å². The minimum absolute atomic E-state index is 0.175. The van der Waals surface area contributed by atoms with Crippen molar-refractivity contribution in [3.8, 4) is 0 Å². The Balaban J connectivity index is 1.69. The summed E-state index contributed by atoms with van der Waals surface area (Å²) in [6.07, 6.45) is 3.18. The van der Waals surface area contributed by atoms with Gasteiger partial charge in [-0.2, -0.15) is 4.98 Å². The highest BCUT2D eigenvalue weighted by Crippen LogP contribution is 2.19. The maximum Gasteiger partial charge on any atom is 0.255 e. The van der Waals surface area contributed by atoms with Gasteiger partial charge in [0.2, 0.25) is 5.95 Å². The van der Waals surface area contributed by atoms with E-state index >= 15 is 0 Å². The number of aryl methyl sites for hydroxylation is 1. The molecule has 0 saturated carbocycles. The van der Waals surface area contributed by atoms with Crippen molar-refractivity contribution in [3.63, 3.8) is 0 Å². The van der Waals surface area contributed by atoms with Gasteiger partial charge < -0.3 is 15.5 Å². The molecule has 1 aromatic carbocycles. The number of carbonyl (C=O) groups excluding carboxylic acids is 1. The highest BCUT2D eigenvalue weighted by molar-refractivity contribution is 6.04. The van der Waals surface area contributed by atoms with Crippen LogP contribution in [-0.2, 0) is 0 Å². The van der Waals surface area contributed by atoms with Gasteiger partial charge in [0.25, 0.3) is 5.91 Å². The summed E-state index contributed by atoms with van der Waals surface area (Å²) in [5, 5.41) is 6.03. The number of carbonyl (C=O) groups is 1. The van der Waals surface area contributed by atoms with Crippen LogP contribution in [0.15, 0.2) is 54.9 Å². The average molecular weight is 348 g/mol. The number of hydrogen-bond acceptors (Lipinski definition) is 6. The molecular formula is C19H20N6O. The standard InChI is InChI=1S/C19H20N6O/c1-13-12-17(25(2)3)24-19(21-13)23-16-6-4-15(5-7-16)22-18(26)14-8-10-20-11-9-14/h4-12H,1-3H3,(H,22,26)(H,21,23,24). The highest BCUT2D eigenvalue weighted by atomic mass is 16.1. The quantitative estimate of drug-likeness (QED) is 0.736. The first-order chi connectivity index (χ1) is 12.5. The number of hydrogen-bond donors (Lipinski definition) is 2. The summed E-state index contributed by atoms with van der Waals surface area (Å²) in [6.45, 7) is 1.93. The molecule has 1 amide bonds. The largest absolute Gasteiger partial charge is 0.363 e. The van der Waals surface area contributed by atoms with E-state index in [1.807, 2.05) is 56.3 Å². The molecular weight excluding hydrogens is 328 g/mol. The van der Waals surface area contributed by atoms with E-state index < -0.39 is 0 Å². The third-order valence-corrected chi connectivity index (χ3v) is 3.64. The lowest BCUT2D eigenvalue weighted by Crippen LogP contribution is -2.13. The molecule has 2 heterocycles. The second-order valence-electron chi connectivity index (χ2n) is 5.98. The van der Waals surface area contributed by atoms with E-state index in [1.54, 1.807) is 24.5 Å². The summed E-state index contributed by atoms with van der Waals surface area (Å²) < 4.78 is 0. The molecule has 0 aliphatic rings. The summed E-state index contributed by atoms with van der Waals surface area (Å²) in [4.78, 5) is 26.8. The molecule has 7 nitrogen and oxygen atoms in total. The number of amides is 1. The number of pyridine rings is 1. The molecule has 0 radical (unpaired) electrons. The van der Waals surface area contributed by atoms with E-state index in [0.29, 0.717) is 17.2 Å². The molecule has 132 valence electrons. The third kappa shape index (κ3) is 4.32. The van der Waals surface area contributed by atoms with Crippen molar-refractivity contribution in [2.45, 2.75) is 6.92 Å². The molecule has 26 heavy (non-hydrogen) atoms. The lowest BCUT2D eigenvalue weighted by Gasteiger charge is -2.14. The number of rotatable bonds is 5. The van der Waals surface area contributed by atoms with Crippen molar-refractivity contribution in [2.75, 3.05) is 29.6 Å². The Hall–Kier alpha value is -3.48. The van der Waals surface area contributed by atoms with Gasteiger partial charge >= 0.3 is 0 Å². The van der Waals surface area contributed by atoms with E-state index in [0.717, 1.165) is 17.2 Å². The van der Waals surface area contributed by atoms with Crippen molar-refractivity contribution in [3.05, 3.63) is 66.1 Å². The Morgan fingerprint density at radius 1 is 0.962 bits per heavy atom. The number of nitrogens with one attached hydrogen (secondary N) is 2. The Kier molecular flexibility index (Phi) is 5.07. The number of nitrogens with zero attached hydrogens (tertiary/aromatic N) is 4. The second-order valence-corrected chi connectivity index (χ2v) is 5.98. The minimum Gasteiger partial charge on any atom is -0.363 e. The highest BCUT2D eigenvalue weighted by Gasteiger charge is 2.07. The zero-order chi connectivity index (χ0) is 18.5. The summed E-state index contributed by atoms with van der Waals surface area (Å²) >= 11 is 0. The monoisotopic (exact) mass is 348 g/mol. The number of anilines is 4. The van der Waals surface area contributed by atoms with Crippen LogP contribution in [0.5, 0.6) is 0 Å². The molecule has 0 fully saturated rings. The van der Waals surface area contributed by atoms with Crippen LogP contribution >= 0.6 is 0 Å². The summed E-state index contributed by atoms with van der Waals surface area (Å²) in [5.74, 6) is 1.19. The molecule has 0 spiro atoms. The predicted octanol–water partition coefficient (Wildman–Crippen LogP) is 3.24. The van der Waals surface area contributed by atoms with Crippen molar-refractivity contribution in [2.24, 2.45) is 0 Å². The van der Waals surface area contributed by atoms with Crippen molar-refractivity contribution in [1.82, 2.24) is 15.0 Å². The van der Waals surface area contributed by atoms with Crippen LogP contribution in [0.1, 0.15) is 16.1 Å². The molecule has 0 aliphatic heterocycles. The van der Waals surface area contributed by atoms with Gasteiger partial charge in [0.1, 0.15) is 5.82 Å². The summed E-state index contributed by atoms with van der Waals surface area (Å²) in [5.41, 5.74) is 2.98. The summed E-state index contributed by atoms with van der Waals surface area (Å²) in [7, 11) is 3.87. The van der Waals surface area contributed by atoms with E-state index in [4.69, 9.17) is 0 Å². The molecule has 3 aromatic rings. The van der Waals surface area contributed by atoms with Crippen LogP contribution in [0.25, 0.3) is 0 Å². The molecule has 0 aliphatic carbocycles. The Morgan fingerprint density at radius 3 is 2.27 bits per heavy atom. The third-order valence-electron chi connectivity index (χ3n) is 3.64. The van der Waals surface area contributed by atoms with Crippen molar-refractivity contribution < 1.29 is 4.79 Å². The molecule has 2 aromatic heterocycles. The first-order valence-electron chi connectivity index (χ1n) is 8.13. The van der Waals surface area contributed by atoms with Gasteiger partial charge in [0.05, 0.1) is 0 Å². The maximum atomic E-state index is 12.1. The van der Waals surface area contributed by atoms with Crippen molar-refractivity contribution >= 4 is 29.0 Å². The topological polar surface area (TPSA) is 83.0 Å². The van der Waals surface area contributed by atoms with Gasteiger partial charge in [-0.15, -0.1) is 0 Å². The van der Waals surface area contributed by atoms with Crippen LogP contribution in [0.4, 0.5) is 23.1 Å². The lowest BCUT2D eigenvalue weighted by molar-refractivity contribution is 0.102. The van der Waals surface area contributed by atoms with E-state index in [1.165, 1.54) is 0 Å². The fourth-order valence-electron chi connectivity index (χ4n) is 2.31. The Morgan fingerprint density at radius 2 is 1.62 bits per heavy atom. The molecule has 0 saturated heterocycles. The zero-order valence-electron chi connectivity index (χ0n) is 14.9. The van der Waals surface area contributed by atoms with E-state index in [-0.39, 0.29) is 5.91 Å². The van der Waals surface area contributed by atoms with Crippen LogP contribution in [0.3, 0.4) is 0 Å². The second kappa shape index (κ2) is 7.60. The first-order valence-corrected chi connectivity index (χ1v) is 8.13. The smallest absolute Gasteiger partial charge is 0.255 e. The molecule has 0 atom stereocenters. The van der Waals surface area contributed by atoms with Gasteiger partial charge in [-0.1, -0.05) is 0 Å². The fourth-order valence-corrected chi connectivity index (χ4v) is 2.31. The molecule has 0 bridgehead atoms. The van der Waals surface area contributed by atoms with Crippen LogP contribution in [-0.4, -0.2) is 35.0 Å². The van der Waals surface area contributed by atoms with E-state index in [9.17, 15) is 4.79 Å². The van der Waals surface area contributed by atoms with Crippen LogP contribution in [0.2, 0.25) is 0 Å². The first kappa shape index (κ1) is 17.3. The lowest BCUT2D eigenvalue weighted by atomic mass is 10.2.